The molecule has 0 aromatic heterocycles. The molecule has 2 rings (SSSR count). The molecule has 1 atom stereocenters. The van der Waals surface area contributed by atoms with Gasteiger partial charge in [0.2, 0.25) is 0 Å². The average Bonchev–Trinajstić information content (AvgIpc) is 2.52. The van der Waals surface area contributed by atoms with Gasteiger partial charge in [0.1, 0.15) is 5.75 Å². The molecule has 4 nitrogen and oxygen atoms in total. The third-order valence-electron chi connectivity index (χ3n) is 3.20. The predicted octanol–water partition coefficient (Wildman–Crippen LogP) is 3.00. The number of benzene rings is 2. The van der Waals surface area contributed by atoms with Gasteiger partial charge in [-0.1, -0.05) is 42.5 Å². The Kier molecular flexibility index (Phi) is 5.35. The van der Waals surface area contributed by atoms with Gasteiger partial charge in [-0.05, 0) is 30.2 Å². The van der Waals surface area contributed by atoms with Crippen molar-refractivity contribution in [2.75, 3.05) is 6.61 Å². The fourth-order valence-electron chi connectivity index (χ4n) is 1.98. The van der Waals surface area contributed by atoms with Crippen molar-refractivity contribution in [2.24, 2.45) is 0 Å². The standard InChI is InChI=1S/C17H19NO3/c1-13(15-5-3-2-4-6-15)18-11-14-7-9-16(10-8-14)21-12-17(19)20/h2-10,13,18H,11-12H2,1H3,(H,19,20)/t13-/m1/s1. The molecular weight excluding hydrogens is 266 g/mol. The summed E-state index contributed by atoms with van der Waals surface area (Å²) >= 11 is 0. The van der Waals surface area contributed by atoms with Crippen LogP contribution in [0, 0.1) is 0 Å². The van der Waals surface area contributed by atoms with Crippen molar-refractivity contribution in [2.45, 2.75) is 19.5 Å². The number of hydrogen-bond donors (Lipinski definition) is 2. The van der Waals surface area contributed by atoms with E-state index in [1.54, 1.807) is 12.1 Å². The van der Waals surface area contributed by atoms with Crippen molar-refractivity contribution in [1.82, 2.24) is 5.32 Å². The largest absolute Gasteiger partial charge is 0.482 e. The van der Waals surface area contributed by atoms with Crippen LogP contribution in [0.2, 0.25) is 0 Å². The monoisotopic (exact) mass is 285 g/mol. The molecule has 4 heteroatoms. The zero-order valence-electron chi connectivity index (χ0n) is 12.0. The first-order chi connectivity index (χ1) is 10.1. The number of ether oxygens (including phenoxy) is 1. The Morgan fingerprint density at radius 2 is 1.81 bits per heavy atom. The van der Waals surface area contributed by atoms with Crippen LogP contribution in [-0.2, 0) is 11.3 Å². The van der Waals surface area contributed by atoms with Gasteiger partial charge in [0.25, 0.3) is 0 Å². The molecule has 110 valence electrons. The van der Waals surface area contributed by atoms with E-state index in [1.165, 1.54) is 5.56 Å². The number of nitrogens with one attached hydrogen (secondary N) is 1. The molecule has 0 heterocycles. The lowest BCUT2D eigenvalue weighted by atomic mass is 10.1. The summed E-state index contributed by atoms with van der Waals surface area (Å²) in [5, 5.41) is 12.0. The van der Waals surface area contributed by atoms with Crippen molar-refractivity contribution in [3.05, 3.63) is 65.7 Å². The van der Waals surface area contributed by atoms with Gasteiger partial charge in [0.05, 0.1) is 0 Å². The average molecular weight is 285 g/mol. The zero-order chi connectivity index (χ0) is 15.1. The van der Waals surface area contributed by atoms with Crippen LogP contribution in [0.3, 0.4) is 0 Å². The maximum absolute atomic E-state index is 10.4. The molecular formula is C17H19NO3. The summed E-state index contributed by atoms with van der Waals surface area (Å²) in [5.74, 6) is -0.408. The third kappa shape index (κ3) is 4.93. The molecule has 0 spiro atoms. The van der Waals surface area contributed by atoms with Gasteiger partial charge < -0.3 is 15.2 Å². The number of carboxylic acid groups (broad SMARTS) is 1. The summed E-state index contributed by atoms with van der Waals surface area (Å²) < 4.78 is 5.10. The number of carbonyl (C=O) groups is 1. The van der Waals surface area contributed by atoms with Crippen molar-refractivity contribution in [3.63, 3.8) is 0 Å². The van der Waals surface area contributed by atoms with Crippen LogP contribution in [0.5, 0.6) is 5.75 Å². The van der Waals surface area contributed by atoms with Crippen LogP contribution in [0.1, 0.15) is 24.1 Å². The van der Waals surface area contributed by atoms with E-state index in [2.05, 4.69) is 24.4 Å². The van der Waals surface area contributed by atoms with E-state index in [0.717, 1.165) is 12.1 Å². The summed E-state index contributed by atoms with van der Waals surface area (Å²) in [7, 11) is 0. The molecule has 0 amide bonds. The molecule has 2 aromatic rings. The molecule has 0 bridgehead atoms. The van der Waals surface area contributed by atoms with Crippen LogP contribution in [0.15, 0.2) is 54.6 Å². The predicted molar refractivity (Wildman–Crippen MR) is 81.3 cm³/mol. The molecule has 2 N–H and O–H groups in total. The topological polar surface area (TPSA) is 58.6 Å². The second-order valence-electron chi connectivity index (χ2n) is 4.84. The first-order valence-corrected chi connectivity index (χ1v) is 6.87. The van der Waals surface area contributed by atoms with E-state index in [0.29, 0.717) is 5.75 Å². The normalized spacial score (nSPS) is 11.9. The Balaban J connectivity index is 1.85. The highest BCUT2D eigenvalue weighted by Crippen LogP contribution is 2.15. The molecule has 2 aromatic carbocycles. The number of hydrogen-bond acceptors (Lipinski definition) is 3. The highest BCUT2D eigenvalue weighted by atomic mass is 16.5. The summed E-state index contributed by atoms with van der Waals surface area (Å²) in [5.41, 5.74) is 2.37. The van der Waals surface area contributed by atoms with Gasteiger partial charge in [-0.15, -0.1) is 0 Å². The van der Waals surface area contributed by atoms with E-state index >= 15 is 0 Å². The van der Waals surface area contributed by atoms with Gasteiger partial charge in [0, 0.05) is 12.6 Å². The minimum Gasteiger partial charge on any atom is -0.482 e. The Morgan fingerprint density at radius 3 is 2.43 bits per heavy atom. The molecule has 21 heavy (non-hydrogen) atoms. The molecule has 0 saturated carbocycles. The van der Waals surface area contributed by atoms with Crippen molar-refractivity contribution in [1.29, 1.82) is 0 Å². The van der Waals surface area contributed by atoms with Gasteiger partial charge >= 0.3 is 5.97 Å². The molecule has 0 fully saturated rings. The van der Waals surface area contributed by atoms with Gasteiger partial charge in [-0.2, -0.15) is 0 Å². The summed E-state index contributed by atoms with van der Waals surface area (Å²) in [4.78, 5) is 10.4. The summed E-state index contributed by atoms with van der Waals surface area (Å²) in [6.45, 7) is 2.55. The van der Waals surface area contributed by atoms with E-state index in [9.17, 15) is 4.79 Å². The Labute approximate surface area is 124 Å². The fourth-order valence-corrected chi connectivity index (χ4v) is 1.98. The molecule has 0 aliphatic carbocycles. The van der Waals surface area contributed by atoms with E-state index in [-0.39, 0.29) is 12.6 Å². The smallest absolute Gasteiger partial charge is 0.341 e. The lowest BCUT2D eigenvalue weighted by Gasteiger charge is -2.14. The minimum absolute atomic E-state index is 0.272. The lowest BCUT2D eigenvalue weighted by Crippen LogP contribution is -2.17. The highest BCUT2D eigenvalue weighted by molar-refractivity contribution is 5.68. The zero-order valence-corrected chi connectivity index (χ0v) is 12.0. The fraction of sp³-hybridized carbons (Fsp3) is 0.235. The van der Waals surface area contributed by atoms with Crippen LogP contribution in [0.4, 0.5) is 0 Å². The minimum atomic E-state index is -0.975. The van der Waals surface area contributed by atoms with Crippen molar-refractivity contribution >= 4 is 5.97 Å². The second kappa shape index (κ2) is 7.45. The first kappa shape index (κ1) is 15.1. The van der Waals surface area contributed by atoms with Gasteiger partial charge in [-0.3, -0.25) is 0 Å². The van der Waals surface area contributed by atoms with Gasteiger partial charge in [0.15, 0.2) is 6.61 Å². The summed E-state index contributed by atoms with van der Waals surface area (Å²) in [6, 6.07) is 18.0. The Bertz CT molecular complexity index is 566. The van der Waals surface area contributed by atoms with Crippen molar-refractivity contribution in [3.8, 4) is 5.75 Å². The second-order valence-corrected chi connectivity index (χ2v) is 4.84. The first-order valence-electron chi connectivity index (χ1n) is 6.87. The maximum Gasteiger partial charge on any atom is 0.341 e. The maximum atomic E-state index is 10.4. The number of carboxylic acids is 1. The van der Waals surface area contributed by atoms with E-state index in [1.807, 2.05) is 30.3 Å². The molecule has 0 aliphatic heterocycles. The van der Waals surface area contributed by atoms with Crippen molar-refractivity contribution < 1.29 is 14.6 Å². The molecule has 0 radical (unpaired) electrons. The Hall–Kier alpha value is -2.33. The Morgan fingerprint density at radius 1 is 1.14 bits per heavy atom. The van der Waals surface area contributed by atoms with Crippen LogP contribution < -0.4 is 10.1 Å². The van der Waals surface area contributed by atoms with E-state index in [4.69, 9.17) is 9.84 Å². The summed E-state index contributed by atoms with van der Waals surface area (Å²) in [6.07, 6.45) is 0. The SMILES string of the molecule is C[C@@H](NCc1ccc(OCC(=O)O)cc1)c1ccccc1. The third-order valence-corrected chi connectivity index (χ3v) is 3.20. The number of rotatable bonds is 7. The molecule has 0 unspecified atom stereocenters. The van der Waals surface area contributed by atoms with Gasteiger partial charge in [-0.25, -0.2) is 4.79 Å². The van der Waals surface area contributed by atoms with E-state index < -0.39 is 5.97 Å². The molecule has 0 saturated heterocycles. The highest BCUT2D eigenvalue weighted by Gasteiger charge is 2.04. The van der Waals surface area contributed by atoms with Crippen LogP contribution in [-0.4, -0.2) is 17.7 Å². The lowest BCUT2D eigenvalue weighted by molar-refractivity contribution is -0.139. The quantitative estimate of drug-likeness (QED) is 0.821. The number of aliphatic carboxylic acids is 1. The molecule has 0 aliphatic rings. The van der Waals surface area contributed by atoms with Crippen LogP contribution in [0.25, 0.3) is 0 Å². The van der Waals surface area contributed by atoms with Crippen LogP contribution >= 0.6 is 0 Å².